The average molecular weight is 350 g/mol. The quantitative estimate of drug-likeness (QED) is 0.278. The first kappa shape index (κ1) is 33.8. The minimum absolute atomic E-state index is 0. The van der Waals surface area contributed by atoms with Crippen molar-refractivity contribution in [3.8, 4) is 0 Å². The molecule has 4 N–H and O–H groups in total. The number of hydrogen-bond donors (Lipinski definition) is 4. The number of carboxylic acids is 3. The van der Waals surface area contributed by atoms with Crippen LogP contribution in [0.5, 0.6) is 0 Å². The van der Waals surface area contributed by atoms with Gasteiger partial charge in [0.2, 0.25) is 5.66 Å². The first-order valence-electron chi connectivity index (χ1n) is 3.66. The summed E-state index contributed by atoms with van der Waals surface area (Å²) in [5.74, 6) is -6.21. The number of aliphatic hydroxyl groups is 1. The van der Waals surface area contributed by atoms with Crippen molar-refractivity contribution in [2.45, 2.75) is 17.7 Å². The number of aliphatic carboxylic acids is 3. The van der Waals surface area contributed by atoms with Crippen LogP contribution in [-0.4, -0.2) is 168 Å². The zero-order chi connectivity index (χ0) is 13.1. The molecule has 20 heavy (non-hydrogen) atoms. The van der Waals surface area contributed by atoms with Crippen LogP contribution in [0.4, 0.5) is 0 Å². The SMILES string of the molecule is O=C(O)CC(O)(C(=O)O)C(C(=O)O)P(=O)=O.[NaH].[NaH].[NaH].[NaH]. The first-order chi connectivity index (χ1) is 7.12. The molecule has 0 heterocycles. The molecule has 9 nitrogen and oxygen atoms in total. The summed E-state index contributed by atoms with van der Waals surface area (Å²) in [6.45, 7) is 0. The Hall–Kier alpha value is 2.27. The van der Waals surface area contributed by atoms with E-state index in [1.165, 1.54) is 0 Å². The van der Waals surface area contributed by atoms with Crippen LogP contribution < -0.4 is 0 Å². The molecule has 0 aromatic rings. The van der Waals surface area contributed by atoms with E-state index < -0.39 is 43.3 Å². The van der Waals surface area contributed by atoms with Crippen molar-refractivity contribution in [2.24, 2.45) is 0 Å². The van der Waals surface area contributed by atoms with E-state index in [-0.39, 0.29) is 118 Å². The summed E-state index contributed by atoms with van der Waals surface area (Å²) in [6.07, 6.45) is -1.54. The van der Waals surface area contributed by atoms with Crippen molar-refractivity contribution in [1.82, 2.24) is 0 Å². The molecule has 0 amide bonds. The van der Waals surface area contributed by atoms with Crippen LogP contribution in [0, 0.1) is 0 Å². The van der Waals surface area contributed by atoms with Gasteiger partial charge in [-0.05, 0) is 0 Å². The maximum absolute atomic E-state index is 10.6. The van der Waals surface area contributed by atoms with Gasteiger partial charge in [0, 0.05) is 0 Å². The fraction of sp³-hybridized carbons (Fsp3) is 0.500. The fourth-order valence-corrected chi connectivity index (χ4v) is 1.72. The van der Waals surface area contributed by atoms with E-state index in [0.29, 0.717) is 0 Å². The monoisotopic (exact) mass is 350 g/mol. The number of hydrogen-bond acceptors (Lipinski definition) is 6. The van der Waals surface area contributed by atoms with E-state index in [4.69, 9.17) is 15.3 Å². The fourth-order valence-electron chi connectivity index (χ4n) is 0.989. The van der Waals surface area contributed by atoms with E-state index in [1.807, 2.05) is 0 Å². The molecule has 0 aliphatic heterocycles. The molecule has 0 aromatic heterocycles. The topological polar surface area (TPSA) is 166 Å². The second-order valence-electron chi connectivity index (χ2n) is 2.83. The normalized spacial score (nSPS) is 12.7. The van der Waals surface area contributed by atoms with Gasteiger partial charge in [0.05, 0.1) is 6.42 Å². The zero-order valence-electron chi connectivity index (χ0n) is 7.56. The summed E-state index contributed by atoms with van der Waals surface area (Å²) in [4.78, 5) is 31.3. The number of carbonyl (C=O) groups is 3. The van der Waals surface area contributed by atoms with Gasteiger partial charge >= 0.3 is 144 Å². The number of rotatable bonds is 6. The van der Waals surface area contributed by atoms with Gasteiger partial charge in [-0.2, -0.15) is 0 Å². The molecule has 0 aromatic carbocycles. The molecule has 0 bridgehead atoms. The van der Waals surface area contributed by atoms with E-state index in [2.05, 4.69) is 0 Å². The summed E-state index contributed by atoms with van der Waals surface area (Å²) in [5.41, 5.74) is -6.12. The predicted molar refractivity (Wildman–Crippen MR) is 73.2 cm³/mol. The molecule has 0 spiro atoms. The third kappa shape index (κ3) is 10.1. The van der Waals surface area contributed by atoms with E-state index in [0.717, 1.165) is 0 Å². The molecule has 0 aliphatic carbocycles. The van der Waals surface area contributed by atoms with Gasteiger partial charge in [0.1, 0.15) is 0 Å². The Balaban J connectivity index is -0.000000187. The molecule has 14 heteroatoms. The van der Waals surface area contributed by atoms with Crippen molar-refractivity contribution in [3.63, 3.8) is 0 Å². The Morgan fingerprint density at radius 2 is 1.30 bits per heavy atom. The Morgan fingerprint density at radius 1 is 0.950 bits per heavy atom. The van der Waals surface area contributed by atoms with Gasteiger partial charge in [-0.1, -0.05) is 0 Å². The summed E-state index contributed by atoms with van der Waals surface area (Å²) in [6, 6.07) is 0. The molecule has 2 atom stereocenters. The third-order valence-corrected chi connectivity index (χ3v) is 2.76. The summed E-state index contributed by atoms with van der Waals surface area (Å²) in [5, 5.41) is 34.6. The van der Waals surface area contributed by atoms with Gasteiger partial charge < -0.3 is 20.4 Å². The molecule has 0 saturated heterocycles. The molecule has 98 valence electrons. The third-order valence-electron chi connectivity index (χ3n) is 1.69. The van der Waals surface area contributed by atoms with Gasteiger partial charge in [0.25, 0.3) is 0 Å². The molecular weight excluding hydrogens is 339 g/mol. The standard InChI is InChI=1S/C6H7O9P.4Na.4H/c7-2(8)1-6(13,5(11)12)3(4(9)10)16(14)15;;;;;;;;/h3,13H,1H2,(H,7,8)(H,9,10)(H,11,12);;;;;;;;. The summed E-state index contributed by atoms with van der Waals surface area (Å²) >= 11 is 0. The van der Waals surface area contributed by atoms with Crippen molar-refractivity contribution < 1.29 is 43.9 Å². The second kappa shape index (κ2) is 14.8. The molecule has 2 unspecified atom stereocenters. The first-order valence-corrected chi connectivity index (χ1v) is 4.91. The zero-order valence-corrected chi connectivity index (χ0v) is 8.46. The molecular formula is C6H11Na4O9P. The van der Waals surface area contributed by atoms with Crippen LogP contribution in [-0.2, 0) is 23.5 Å². The van der Waals surface area contributed by atoms with Crippen LogP contribution in [0.3, 0.4) is 0 Å². The molecule has 0 radical (unpaired) electrons. The van der Waals surface area contributed by atoms with Crippen molar-refractivity contribution in [2.75, 3.05) is 0 Å². The van der Waals surface area contributed by atoms with Crippen LogP contribution in [0.25, 0.3) is 0 Å². The maximum atomic E-state index is 10.6. The van der Waals surface area contributed by atoms with Crippen LogP contribution >= 0.6 is 7.68 Å². The molecule has 0 aliphatic rings. The summed E-state index contributed by atoms with van der Waals surface area (Å²) in [7, 11) is -3.85. The van der Waals surface area contributed by atoms with Crippen LogP contribution in [0.15, 0.2) is 0 Å². The Morgan fingerprint density at radius 3 is 1.45 bits per heavy atom. The second-order valence-corrected chi connectivity index (χ2v) is 3.91. The average Bonchev–Trinajstić information content (AvgIpc) is 1.99. The molecule has 0 rings (SSSR count). The van der Waals surface area contributed by atoms with Gasteiger partial charge in [0.15, 0.2) is 5.60 Å². The Labute approximate surface area is 202 Å². The van der Waals surface area contributed by atoms with Crippen LogP contribution in [0.1, 0.15) is 6.42 Å². The van der Waals surface area contributed by atoms with Gasteiger partial charge in [-0.25, -0.2) is 13.9 Å². The van der Waals surface area contributed by atoms with E-state index >= 15 is 0 Å². The van der Waals surface area contributed by atoms with Crippen molar-refractivity contribution in [3.05, 3.63) is 0 Å². The van der Waals surface area contributed by atoms with Gasteiger partial charge in [-0.3, -0.25) is 9.59 Å². The predicted octanol–water partition coefficient (Wildman–Crippen LogP) is -3.69. The number of carboxylic acid groups (broad SMARTS) is 3. The molecule has 0 saturated carbocycles. The van der Waals surface area contributed by atoms with E-state index in [9.17, 15) is 28.6 Å². The van der Waals surface area contributed by atoms with Crippen LogP contribution in [0.2, 0.25) is 0 Å². The van der Waals surface area contributed by atoms with Crippen molar-refractivity contribution in [1.29, 1.82) is 0 Å². The minimum atomic E-state index is -3.85. The van der Waals surface area contributed by atoms with E-state index in [1.54, 1.807) is 0 Å². The Bertz CT molecular complexity index is 403. The molecule has 0 fully saturated rings. The Kier molecular flexibility index (Phi) is 25.1. The van der Waals surface area contributed by atoms with Crippen molar-refractivity contribution >= 4 is 144 Å². The van der Waals surface area contributed by atoms with Gasteiger partial charge in [-0.15, -0.1) is 0 Å². The summed E-state index contributed by atoms with van der Waals surface area (Å²) < 4.78 is 21.0.